The third-order valence-electron chi connectivity index (χ3n) is 4.73. The first kappa shape index (κ1) is 21.8. The number of carbonyl (C=O) groups excluding carboxylic acids is 2. The van der Waals surface area contributed by atoms with Crippen molar-refractivity contribution in [2.75, 3.05) is 13.7 Å². The van der Waals surface area contributed by atoms with Crippen LogP contribution in [0.2, 0.25) is 0 Å². The van der Waals surface area contributed by atoms with E-state index in [2.05, 4.69) is 11.9 Å². The molecule has 0 saturated heterocycles. The Bertz CT molecular complexity index is 1100. The molecule has 3 aromatic rings. The van der Waals surface area contributed by atoms with Gasteiger partial charge in [-0.2, -0.15) is 4.99 Å². The summed E-state index contributed by atoms with van der Waals surface area (Å²) in [6.07, 6.45) is 3.29. The molecule has 158 valence electrons. The van der Waals surface area contributed by atoms with E-state index < -0.39 is 5.97 Å². The van der Waals surface area contributed by atoms with Gasteiger partial charge in [-0.15, -0.1) is 0 Å². The zero-order valence-corrected chi connectivity index (χ0v) is 18.3. The van der Waals surface area contributed by atoms with Gasteiger partial charge in [-0.3, -0.25) is 9.59 Å². The highest BCUT2D eigenvalue weighted by Gasteiger charge is 2.14. The van der Waals surface area contributed by atoms with Gasteiger partial charge in [0.05, 0.1) is 23.9 Å². The Balaban J connectivity index is 1.88. The van der Waals surface area contributed by atoms with Crippen molar-refractivity contribution in [2.24, 2.45) is 4.99 Å². The predicted octanol–water partition coefficient (Wildman–Crippen LogP) is 4.49. The van der Waals surface area contributed by atoms with Gasteiger partial charge in [-0.05, 0) is 49.2 Å². The average Bonchev–Trinajstić information content (AvgIpc) is 3.09. The first-order valence-corrected chi connectivity index (χ1v) is 10.8. The third kappa shape index (κ3) is 5.16. The fourth-order valence-electron chi connectivity index (χ4n) is 3.12. The number of rotatable bonds is 8. The number of para-hydroxylation sites is 1. The molecule has 0 aliphatic carbocycles. The Labute approximate surface area is 179 Å². The van der Waals surface area contributed by atoms with Crippen molar-refractivity contribution < 1.29 is 19.1 Å². The number of aromatic nitrogens is 1. The monoisotopic (exact) mass is 426 g/mol. The first-order valence-electron chi connectivity index (χ1n) is 10.0. The molecule has 1 amide bonds. The maximum Gasteiger partial charge on any atom is 0.325 e. The van der Waals surface area contributed by atoms with Crippen molar-refractivity contribution in [3.63, 3.8) is 0 Å². The van der Waals surface area contributed by atoms with Gasteiger partial charge in [0, 0.05) is 5.56 Å². The van der Waals surface area contributed by atoms with Gasteiger partial charge in [0.1, 0.15) is 12.3 Å². The molecule has 7 heteroatoms. The molecule has 6 nitrogen and oxygen atoms in total. The minimum absolute atomic E-state index is 0.00198. The van der Waals surface area contributed by atoms with Crippen molar-refractivity contribution in [3.8, 4) is 5.75 Å². The molecule has 0 bridgehead atoms. The van der Waals surface area contributed by atoms with Crippen molar-refractivity contribution >= 4 is 33.4 Å². The Morgan fingerprint density at radius 1 is 1.10 bits per heavy atom. The molecule has 0 spiro atoms. The van der Waals surface area contributed by atoms with Gasteiger partial charge in [-0.25, -0.2) is 0 Å². The summed E-state index contributed by atoms with van der Waals surface area (Å²) in [6, 6.07) is 12.9. The van der Waals surface area contributed by atoms with Crippen molar-refractivity contribution in [1.82, 2.24) is 4.57 Å². The SMILES string of the molecule is CCCCCOc1ccc(C(=O)N=c2sc3cccc(C)c3n2CC(=O)OC)cc1. The second-order valence-electron chi connectivity index (χ2n) is 6.97. The lowest BCUT2D eigenvalue weighted by atomic mass is 10.2. The normalized spacial score (nSPS) is 11.6. The molecule has 0 unspecified atom stereocenters. The topological polar surface area (TPSA) is 69.9 Å². The van der Waals surface area contributed by atoms with Gasteiger partial charge >= 0.3 is 5.97 Å². The number of carbonyl (C=O) groups is 2. The summed E-state index contributed by atoms with van der Waals surface area (Å²) in [4.78, 5) is 29.5. The zero-order chi connectivity index (χ0) is 21.5. The fraction of sp³-hybridized carbons (Fsp3) is 0.348. The summed E-state index contributed by atoms with van der Waals surface area (Å²) in [6.45, 7) is 4.78. The van der Waals surface area contributed by atoms with Crippen LogP contribution >= 0.6 is 11.3 Å². The van der Waals surface area contributed by atoms with E-state index in [9.17, 15) is 9.59 Å². The highest BCUT2D eigenvalue weighted by molar-refractivity contribution is 7.16. The molecule has 1 heterocycles. The minimum Gasteiger partial charge on any atom is -0.494 e. The van der Waals surface area contributed by atoms with E-state index in [0.717, 1.165) is 40.8 Å². The number of thiazole rings is 1. The van der Waals surface area contributed by atoms with Crippen LogP contribution in [0.1, 0.15) is 42.1 Å². The summed E-state index contributed by atoms with van der Waals surface area (Å²) in [5.74, 6) is -0.0207. The van der Waals surface area contributed by atoms with Gasteiger partial charge in [0.25, 0.3) is 5.91 Å². The summed E-state index contributed by atoms with van der Waals surface area (Å²) < 4.78 is 13.2. The number of hydrogen-bond acceptors (Lipinski definition) is 5. The van der Waals surface area contributed by atoms with Crippen LogP contribution in [0.3, 0.4) is 0 Å². The lowest BCUT2D eigenvalue weighted by Crippen LogP contribution is -2.22. The number of esters is 1. The smallest absolute Gasteiger partial charge is 0.325 e. The maximum atomic E-state index is 12.8. The quantitative estimate of drug-likeness (QED) is 0.393. The molecule has 0 aliphatic heterocycles. The molecule has 1 aromatic heterocycles. The van der Waals surface area contributed by atoms with E-state index in [-0.39, 0.29) is 12.5 Å². The number of hydrogen-bond donors (Lipinski definition) is 0. The molecule has 3 rings (SSSR count). The van der Waals surface area contributed by atoms with Gasteiger partial charge in [-0.1, -0.05) is 43.2 Å². The van der Waals surface area contributed by atoms with E-state index in [1.54, 1.807) is 28.8 Å². The number of methoxy groups -OCH3 is 1. The number of ether oxygens (including phenoxy) is 2. The van der Waals surface area contributed by atoms with Gasteiger partial charge in [0.15, 0.2) is 4.80 Å². The molecule has 0 radical (unpaired) electrons. The summed E-state index contributed by atoms with van der Waals surface area (Å²) >= 11 is 1.38. The predicted molar refractivity (Wildman–Crippen MR) is 118 cm³/mol. The minimum atomic E-state index is -0.392. The Kier molecular flexibility index (Phi) is 7.41. The third-order valence-corrected chi connectivity index (χ3v) is 5.78. The maximum absolute atomic E-state index is 12.8. The molecular weight excluding hydrogens is 400 g/mol. The second-order valence-corrected chi connectivity index (χ2v) is 7.97. The zero-order valence-electron chi connectivity index (χ0n) is 17.5. The number of benzene rings is 2. The largest absolute Gasteiger partial charge is 0.494 e. The molecule has 0 fully saturated rings. The van der Waals surface area contributed by atoms with Crippen LogP contribution in [-0.2, 0) is 16.1 Å². The first-order chi connectivity index (χ1) is 14.5. The number of fused-ring (bicyclic) bond motifs is 1. The van der Waals surface area contributed by atoms with Crippen LogP contribution in [0.4, 0.5) is 0 Å². The number of nitrogens with zero attached hydrogens (tertiary/aromatic N) is 2. The second kappa shape index (κ2) is 10.2. The summed E-state index contributed by atoms with van der Waals surface area (Å²) in [5.41, 5.74) is 2.36. The number of unbranched alkanes of at least 4 members (excludes halogenated alkanes) is 2. The van der Waals surface area contributed by atoms with Crippen LogP contribution in [0, 0.1) is 6.92 Å². The van der Waals surface area contributed by atoms with Crippen LogP contribution in [-0.4, -0.2) is 30.2 Å². The van der Waals surface area contributed by atoms with Crippen LogP contribution < -0.4 is 9.54 Å². The molecule has 0 N–H and O–H groups in total. The molecule has 0 saturated carbocycles. The molecule has 0 aliphatic rings. The van der Waals surface area contributed by atoms with E-state index in [1.165, 1.54) is 18.4 Å². The van der Waals surface area contributed by atoms with Gasteiger partial charge in [0.2, 0.25) is 0 Å². The van der Waals surface area contributed by atoms with Crippen molar-refractivity contribution in [1.29, 1.82) is 0 Å². The fourth-order valence-corrected chi connectivity index (χ4v) is 4.23. The van der Waals surface area contributed by atoms with Crippen LogP contribution in [0.25, 0.3) is 10.2 Å². The summed E-state index contributed by atoms with van der Waals surface area (Å²) in [7, 11) is 1.35. The lowest BCUT2D eigenvalue weighted by Gasteiger charge is -2.06. The van der Waals surface area contributed by atoms with E-state index in [0.29, 0.717) is 17.0 Å². The average molecular weight is 427 g/mol. The lowest BCUT2D eigenvalue weighted by molar-refractivity contribution is -0.141. The Morgan fingerprint density at radius 2 is 1.87 bits per heavy atom. The Morgan fingerprint density at radius 3 is 2.57 bits per heavy atom. The van der Waals surface area contributed by atoms with Crippen LogP contribution in [0.15, 0.2) is 47.5 Å². The summed E-state index contributed by atoms with van der Waals surface area (Å²) in [5, 5.41) is 0. The number of aryl methyl sites for hydroxylation is 1. The molecule has 30 heavy (non-hydrogen) atoms. The highest BCUT2D eigenvalue weighted by Crippen LogP contribution is 2.21. The molecule has 0 atom stereocenters. The highest BCUT2D eigenvalue weighted by atomic mass is 32.1. The Hall–Kier alpha value is -2.93. The van der Waals surface area contributed by atoms with Crippen LogP contribution in [0.5, 0.6) is 5.75 Å². The molecule has 2 aromatic carbocycles. The standard InChI is InChI=1S/C23H26N2O4S/c1-4-5-6-14-29-18-12-10-17(11-13-18)22(27)24-23-25(15-20(26)28-3)21-16(2)8-7-9-19(21)30-23/h7-13H,4-6,14-15H2,1-3H3. The molecular formula is C23H26N2O4S. The van der Waals surface area contributed by atoms with E-state index >= 15 is 0 Å². The van der Waals surface area contributed by atoms with Gasteiger partial charge < -0.3 is 14.0 Å². The van der Waals surface area contributed by atoms with E-state index in [1.807, 2.05) is 25.1 Å². The number of amides is 1. The van der Waals surface area contributed by atoms with Crippen molar-refractivity contribution in [2.45, 2.75) is 39.7 Å². The van der Waals surface area contributed by atoms with E-state index in [4.69, 9.17) is 9.47 Å². The van der Waals surface area contributed by atoms with Crippen molar-refractivity contribution in [3.05, 3.63) is 58.4 Å².